The second-order valence-electron chi connectivity index (χ2n) is 6.46. The number of fused-ring (bicyclic) bond motifs is 1. The van der Waals surface area contributed by atoms with E-state index in [1.54, 1.807) is 16.4 Å². The van der Waals surface area contributed by atoms with Crippen molar-refractivity contribution < 1.29 is 14.3 Å². The van der Waals surface area contributed by atoms with Gasteiger partial charge in [0.15, 0.2) is 0 Å². The van der Waals surface area contributed by atoms with Gasteiger partial charge < -0.3 is 14.0 Å². The molecule has 1 aliphatic heterocycles. The van der Waals surface area contributed by atoms with Crippen molar-refractivity contribution in [2.45, 2.75) is 12.8 Å². The lowest BCUT2D eigenvalue weighted by Gasteiger charge is -2.15. The number of rotatable bonds is 4. The monoisotopic (exact) mass is 348 g/mol. The molecule has 5 heteroatoms. The first-order chi connectivity index (χ1) is 12.7. The highest BCUT2D eigenvalue weighted by Gasteiger charge is 2.29. The fourth-order valence-corrected chi connectivity index (χ4v) is 3.51. The Balaban J connectivity index is 1.83. The van der Waals surface area contributed by atoms with Crippen LogP contribution in [0.1, 0.15) is 23.3 Å². The van der Waals surface area contributed by atoms with Gasteiger partial charge in [-0.3, -0.25) is 9.59 Å². The number of nitrogens with zero attached hydrogens (tertiary/aromatic N) is 2. The predicted molar refractivity (Wildman–Crippen MR) is 99.5 cm³/mol. The van der Waals surface area contributed by atoms with Crippen LogP contribution in [0.3, 0.4) is 0 Å². The summed E-state index contributed by atoms with van der Waals surface area (Å²) in [5.74, 6) is -0.122. The van der Waals surface area contributed by atoms with Crippen molar-refractivity contribution in [2.24, 2.45) is 0 Å². The Morgan fingerprint density at radius 2 is 1.73 bits per heavy atom. The van der Waals surface area contributed by atoms with Crippen molar-refractivity contribution >= 4 is 17.2 Å². The Kier molecular flexibility index (Phi) is 4.21. The normalized spacial score (nSPS) is 14.0. The summed E-state index contributed by atoms with van der Waals surface area (Å²) in [5, 5.41) is 0. The lowest BCUT2D eigenvalue weighted by Crippen LogP contribution is -2.34. The first-order valence-electron chi connectivity index (χ1n) is 8.77. The Morgan fingerprint density at radius 1 is 1.00 bits per heavy atom. The molecule has 4 rings (SSSR count). The maximum atomic E-state index is 13.1. The Bertz CT molecular complexity index is 967. The van der Waals surface area contributed by atoms with Crippen LogP contribution in [0.15, 0.2) is 54.7 Å². The molecule has 132 valence electrons. The molecule has 0 radical (unpaired) electrons. The van der Waals surface area contributed by atoms with Gasteiger partial charge in [0.05, 0.1) is 7.11 Å². The molecule has 1 aliphatic rings. The van der Waals surface area contributed by atoms with Crippen LogP contribution in [0.25, 0.3) is 16.6 Å². The Morgan fingerprint density at radius 3 is 2.42 bits per heavy atom. The maximum absolute atomic E-state index is 13.1. The SMILES string of the molecule is COc1ccc(-c2cc3ccccn3c2C(=O)C(=O)N2CCCC2)cc1. The van der Waals surface area contributed by atoms with Crippen LogP contribution in [0.5, 0.6) is 5.75 Å². The quantitative estimate of drug-likeness (QED) is 0.536. The summed E-state index contributed by atoms with van der Waals surface area (Å²) in [6.45, 7) is 1.32. The number of hydrogen-bond acceptors (Lipinski definition) is 3. The van der Waals surface area contributed by atoms with Crippen LogP contribution in [0.4, 0.5) is 0 Å². The molecule has 0 aliphatic carbocycles. The van der Waals surface area contributed by atoms with Gasteiger partial charge in [-0.2, -0.15) is 0 Å². The summed E-state index contributed by atoms with van der Waals surface area (Å²) in [7, 11) is 1.62. The lowest BCUT2D eigenvalue weighted by molar-refractivity contribution is -0.125. The smallest absolute Gasteiger partial charge is 0.296 e. The fourth-order valence-electron chi connectivity index (χ4n) is 3.51. The van der Waals surface area contributed by atoms with E-state index in [0.717, 1.165) is 35.2 Å². The van der Waals surface area contributed by atoms with E-state index in [1.807, 2.05) is 54.7 Å². The standard InChI is InChI=1S/C21H20N2O3/c1-26-17-9-7-15(8-10-17)18-14-16-6-2-3-13-23(16)19(18)20(24)21(25)22-11-4-5-12-22/h2-3,6-10,13-14H,4-5,11-12H2,1H3. The number of aromatic nitrogens is 1. The van der Waals surface area contributed by atoms with Crippen molar-refractivity contribution in [1.29, 1.82) is 0 Å². The molecular weight excluding hydrogens is 328 g/mol. The van der Waals surface area contributed by atoms with Gasteiger partial charge in [-0.15, -0.1) is 0 Å². The Labute approximate surface area is 151 Å². The average Bonchev–Trinajstić information content (AvgIpc) is 3.34. The number of carbonyl (C=O) groups excluding carboxylic acids is 2. The minimum atomic E-state index is -0.455. The molecule has 0 unspecified atom stereocenters. The molecule has 1 amide bonds. The first kappa shape index (κ1) is 16.4. The number of hydrogen-bond donors (Lipinski definition) is 0. The number of ketones is 1. The van der Waals surface area contributed by atoms with E-state index in [9.17, 15) is 9.59 Å². The van der Waals surface area contributed by atoms with Gasteiger partial charge in [-0.05, 0) is 48.7 Å². The zero-order chi connectivity index (χ0) is 18.1. The van der Waals surface area contributed by atoms with E-state index in [4.69, 9.17) is 4.74 Å². The molecule has 1 saturated heterocycles. The van der Waals surface area contributed by atoms with Crippen LogP contribution < -0.4 is 4.74 Å². The third kappa shape index (κ3) is 2.75. The zero-order valence-corrected chi connectivity index (χ0v) is 14.6. The predicted octanol–water partition coefficient (Wildman–Crippen LogP) is 3.42. The highest BCUT2D eigenvalue weighted by molar-refractivity contribution is 6.43. The third-order valence-electron chi connectivity index (χ3n) is 4.88. The third-order valence-corrected chi connectivity index (χ3v) is 4.88. The van der Waals surface area contributed by atoms with Crippen molar-refractivity contribution in [3.8, 4) is 16.9 Å². The van der Waals surface area contributed by atoms with E-state index in [1.165, 1.54) is 0 Å². The van der Waals surface area contributed by atoms with Crippen LogP contribution >= 0.6 is 0 Å². The van der Waals surface area contributed by atoms with E-state index in [-0.39, 0.29) is 0 Å². The van der Waals surface area contributed by atoms with Gasteiger partial charge in [-0.25, -0.2) is 0 Å². The van der Waals surface area contributed by atoms with Gasteiger partial charge in [0, 0.05) is 30.4 Å². The van der Waals surface area contributed by atoms with E-state index < -0.39 is 11.7 Å². The molecule has 0 N–H and O–H groups in total. The Hall–Kier alpha value is -3.08. The van der Waals surface area contributed by atoms with E-state index >= 15 is 0 Å². The average molecular weight is 348 g/mol. The summed E-state index contributed by atoms with van der Waals surface area (Å²) in [5.41, 5.74) is 2.95. The van der Waals surface area contributed by atoms with Crippen LogP contribution in [-0.2, 0) is 4.79 Å². The summed E-state index contributed by atoms with van der Waals surface area (Å²) < 4.78 is 7.02. The summed E-state index contributed by atoms with van der Waals surface area (Å²) in [6, 6.07) is 15.2. The molecule has 1 aromatic carbocycles. The number of amides is 1. The van der Waals surface area contributed by atoms with Crippen molar-refractivity contribution in [1.82, 2.24) is 9.30 Å². The van der Waals surface area contributed by atoms with Crippen molar-refractivity contribution in [2.75, 3.05) is 20.2 Å². The molecule has 2 aromatic heterocycles. The molecule has 26 heavy (non-hydrogen) atoms. The van der Waals surface area contributed by atoms with E-state index in [2.05, 4.69) is 0 Å². The molecule has 3 heterocycles. The van der Waals surface area contributed by atoms with Gasteiger partial charge in [0.1, 0.15) is 11.4 Å². The first-order valence-corrected chi connectivity index (χ1v) is 8.77. The highest BCUT2D eigenvalue weighted by atomic mass is 16.5. The molecule has 0 bridgehead atoms. The molecule has 5 nitrogen and oxygen atoms in total. The maximum Gasteiger partial charge on any atom is 0.296 e. The lowest BCUT2D eigenvalue weighted by atomic mass is 10.0. The van der Waals surface area contributed by atoms with Gasteiger partial charge in [-0.1, -0.05) is 18.2 Å². The summed E-state index contributed by atoms with van der Waals surface area (Å²) >= 11 is 0. The van der Waals surface area contributed by atoms with Crippen molar-refractivity contribution in [3.05, 3.63) is 60.4 Å². The number of pyridine rings is 1. The fraction of sp³-hybridized carbons (Fsp3) is 0.238. The number of carbonyl (C=O) groups is 2. The molecule has 1 fully saturated rings. The number of methoxy groups -OCH3 is 1. The minimum absolute atomic E-state index is 0.416. The van der Waals surface area contributed by atoms with E-state index in [0.29, 0.717) is 18.8 Å². The summed E-state index contributed by atoms with van der Waals surface area (Å²) in [6.07, 6.45) is 3.74. The molecular formula is C21H20N2O3. The minimum Gasteiger partial charge on any atom is -0.497 e. The zero-order valence-electron chi connectivity index (χ0n) is 14.6. The topological polar surface area (TPSA) is 51.0 Å². The van der Waals surface area contributed by atoms with Gasteiger partial charge in [0.25, 0.3) is 11.7 Å². The number of likely N-dealkylation sites (tertiary alicyclic amines) is 1. The van der Waals surface area contributed by atoms with Crippen LogP contribution in [-0.4, -0.2) is 41.2 Å². The van der Waals surface area contributed by atoms with Crippen LogP contribution in [0.2, 0.25) is 0 Å². The largest absolute Gasteiger partial charge is 0.497 e. The highest BCUT2D eigenvalue weighted by Crippen LogP contribution is 2.30. The second-order valence-corrected chi connectivity index (χ2v) is 6.46. The number of ether oxygens (including phenoxy) is 1. The molecule has 0 saturated carbocycles. The number of Topliss-reactive ketones (excluding diaryl/α,β-unsaturated/α-hetero) is 1. The second kappa shape index (κ2) is 6.67. The van der Waals surface area contributed by atoms with Gasteiger partial charge in [0.2, 0.25) is 0 Å². The molecule has 3 aromatic rings. The summed E-state index contributed by atoms with van der Waals surface area (Å²) in [4.78, 5) is 27.5. The molecule has 0 spiro atoms. The molecule has 0 atom stereocenters. The van der Waals surface area contributed by atoms with Crippen molar-refractivity contribution in [3.63, 3.8) is 0 Å². The van der Waals surface area contributed by atoms with Gasteiger partial charge >= 0.3 is 0 Å². The van der Waals surface area contributed by atoms with Crippen LogP contribution in [0, 0.1) is 0 Å². The number of benzene rings is 1.